The molecule has 0 aromatic heterocycles. The van der Waals surface area contributed by atoms with Gasteiger partial charge in [-0.2, -0.15) is 0 Å². The third-order valence-electron chi connectivity index (χ3n) is 4.35. The Kier molecular flexibility index (Phi) is 7.08. The van der Waals surface area contributed by atoms with Gasteiger partial charge in [-0.1, -0.05) is 60.7 Å². The number of hydrogen-bond acceptors (Lipinski definition) is 4. The zero-order valence-corrected chi connectivity index (χ0v) is 16.2. The average molecular weight is 392 g/mol. The fourth-order valence-electron chi connectivity index (χ4n) is 2.85. The van der Waals surface area contributed by atoms with Crippen LogP contribution in [-0.2, 0) is 6.61 Å². The monoisotopic (exact) mass is 392 g/mol. The summed E-state index contributed by atoms with van der Waals surface area (Å²) < 4.78 is 11.2. The van der Waals surface area contributed by atoms with Crippen LogP contribution in [0.15, 0.2) is 78.9 Å². The van der Waals surface area contributed by atoms with E-state index in [0.717, 1.165) is 11.1 Å². The molecular formula is C23H24N2O4. The van der Waals surface area contributed by atoms with Crippen molar-refractivity contribution >= 4 is 11.7 Å². The van der Waals surface area contributed by atoms with Crippen molar-refractivity contribution in [2.24, 2.45) is 0 Å². The largest absolute Gasteiger partial charge is 0.493 e. The topological polar surface area (TPSA) is 79.8 Å². The van der Waals surface area contributed by atoms with E-state index in [0.29, 0.717) is 23.8 Å². The number of benzene rings is 3. The second-order valence-electron chi connectivity index (χ2n) is 6.38. The van der Waals surface area contributed by atoms with E-state index in [1.54, 1.807) is 25.3 Å². The number of anilines is 1. The maximum Gasteiger partial charge on any atom is 0.319 e. The van der Waals surface area contributed by atoms with Gasteiger partial charge in [0.05, 0.1) is 19.8 Å². The quantitative estimate of drug-likeness (QED) is 0.539. The number of urea groups is 1. The fourth-order valence-corrected chi connectivity index (χ4v) is 2.85. The van der Waals surface area contributed by atoms with Crippen LogP contribution in [0.5, 0.6) is 11.5 Å². The lowest BCUT2D eigenvalue weighted by Gasteiger charge is -2.18. The van der Waals surface area contributed by atoms with Crippen LogP contribution < -0.4 is 20.1 Å². The summed E-state index contributed by atoms with van der Waals surface area (Å²) in [7, 11) is 1.57. The van der Waals surface area contributed by atoms with Crippen LogP contribution in [0, 0.1) is 0 Å². The summed E-state index contributed by atoms with van der Waals surface area (Å²) in [5.41, 5.74) is 2.40. The lowest BCUT2D eigenvalue weighted by molar-refractivity contribution is 0.225. The summed E-state index contributed by atoms with van der Waals surface area (Å²) in [6, 6.07) is 23.3. The van der Waals surface area contributed by atoms with E-state index in [1.807, 2.05) is 60.7 Å². The predicted molar refractivity (Wildman–Crippen MR) is 112 cm³/mol. The number of nitrogens with one attached hydrogen (secondary N) is 2. The number of ether oxygens (including phenoxy) is 2. The Balaban J connectivity index is 1.66. The summed E-state index contributed by atoms with van der Waals surface area (Å²) in [4.78, 5) is 12.4. The molecule has 2 amide bonds. The van der Waals surface area contributed by atoms with E-state index < -0.39 is 12.1 Å². The molecule has 3 aromatic rings. The van der Waals surface area contributed by atoms with Crippen molar-refractivity contribution < 1.29 is 19.4 Å². The minimum absolute atomic E-state index is 0.203. The van der Waals surface area contributed by atoms with Crippen LogP contribution in [-0.4, -0.2) is 24.9 Å². The molecule has 0 fully saturated rings. The van der Waals surface area contributed by atoms with Crippen LogP contribution in [0.1, 0.15) is 17.2 Å². The first-order chi connectivity index (χ1) is 14.2. The smallest absolute Gasteiger partial charge is 0.319 e. The molecule has 6 nitrogen and oxygen atoms in total. The normalized spacial score (nSPS) is 11.4. The summed E-state index contributed by atoms with van der Waals surface area (Å²) >= 11 is 0. The summed E-state index contributed by atoms with van der Waals surface area (Å²) in [6.07, 6.45) is 0. The highest BCUT2D eigenvalue weighted by molar-refractivity contribution is 5.90. The van der Waals surface area contributed by atoms with Crippen molar-refractivity contribution in [1.82, 2.24) is 5.32 Å². The molecule has 0 aliphatic carbocycles. The molecule has 0 radical (unpaired) electrons. The number of aliphatic hydroxyl groups is 1. The van der Waals surface area contributed by atoms with Gasteiger partial charge in [0, 0.05) is 11.8 Å². The summed E-state index contributed by atoms with van der Waals surface area (Å²) in [6.45, 7) is 0.179. The molecule has 0 aliphatic rings. The fraction of sp³-hybridized carbons (Fsp3) is 0.174. The highest BCUT2D eigenvalue weighted by atomic mass is 16.5. The van der Waals surface area contributed by atoms with Crippen molar-refractivity contribution in [2.45, 2.75) is 12.6 Å². The minimum atomic E-state index is -0.497. The third kappa shape index (κ3) is 5.73. The lowest BCUT2D eigenvalue weighted by Crippen LogP contribution is -2.34. The Labute approximate surface area is 170 Å². The van der Waals surface area contributed by atoms with E-state index in [1.165, 1.54) is 0 Å². The molecule has 29 heavy (non-hydrogen) atoms. The Bertz CT molecular complexity index is 917. The summed E-state index contributed by atoms with van der Waals surface area (Å²) in [5.74, 6) is 1.10. The van der Waals surface area contributed by atoms with Crippen LogP contribution in [0.3, 0.4) is 0 Å². The van der Waals surface area contributed by atoms with Crippen molar-refractivity contribution in [1.29, 1.82) is 0 Å². The van der Waals surface area contributed by atoms with E-state index in [2.05, 4.69) is 10.6 Å². The van der Waals surface area contributed by atoms with Crippen molar-refractivity contribution in [2.75, 3.05) is 19.0 Å². The minimum Gasteiger partial charge on any atom is -0.493 e. The van der Waals surface area contributed by atoms with Crippen LogP contribution in [0.25, 0.3) is 0 Å². The molecule has 0 heterocycles. The van der Waals surface area contributed by atoms with E-state index in [9.17, 15) is 9.90 Å². The molecule has 0 unspecified atom stereocenters. The Morgan fingerprint density at radius 3 is 2.31 bits per heavy atom. The van der Waals surface area contributed by atoms with Gasteiger partial charge in [-0.15, -0.1) is 0 Å². The highest BCUT2D eigenvalue weighted by Gasteiger charge is 2.14. The van der Waals surface area contributed by atoms with Crippen LogP contribution >= 0.6 is 0 Å². The number of rotatable bonds is 8. The van der Waals surface area contributed by atoms with Crippen molar-refractivity contribution in [3.05, 3.63) is 90.0 Å². The molecule has 6 heteroatoms. The number of carbonyl (C=O) groups excluding carboxylic acids is 1. The number of amides is 2. The maximum absolute atomic E-state index is 12.4. The number of aliphatic hydroxyl groups excluding tert-OH is 1. The first-order valence-electron chi connectivity index (χ1n) is 9.27. The van der Waals surface area contributed by atoms with Gasteiger partial charge >= 0.3 is 6.03 Å². The first kappa shape index (κ1) is 20.2. The molecule has 3 N–H and O–H groups in total. The molecule has 0 bridgehead atoms. The van der Waals surface area contributed by atoms with Crippen LogP contribution in [0.2, 0.25) is 0 Å². The molecule has 0 saturated carbocycles. The first-order valence-corrected chi connectivity index (χ1v) is 9.27. The van der Waals surface area contributed by atoms with Crippen molar-refractivity contribution in [3.8, 4) is 11.5 Å². The molecule has 3 aromatic carbocycles. The van der Waals surface area contributed by atoms with Crippen LogP contribution in [0.4, 0.5) is 10.5 Å². The van der Waals surface area contributed by atoms with E-state index in [-0.39, 0.29) is 6.61 Å². The highest BCUT2D eigenvalue weighted by Crippen LogP contribution is 2.31. The molecule has 1 atom stereocenters. The standard InChI is InChI=1S/C23H24N2O4/c1-28-21-13-12-19(14-22(21)29-16-17-8-4-2-5-9-17)24-23(27)25-20(15-26)18-10-6-3-7-11-18/h2-14,20,26H,15-16H2,1H3,(H2,24,25,27)/t20-/m0/s1. The van der Waals surface area contributed by atoms with Gasteiger partial charge in [-0.3, -0.25) is 0 Å². The zero-order chi connectivity index (χ0) is 20.5. The van der Waals surface area contributed by atoms with Gasteiger partial charge in [0.15, 0.2) is 11.5 Å². The van der Waals surface area contributed by atoms with Gasteiger partial charge in [0.25, 0.3) is 0 Å². The average Bonchev–Trinajstić information content (AvgIpc) is 2.77. The predicted octanol–water partition coefficient (Wildman–Crippen LogP) is 4.13. The second-order valence-corrected chi connectivity index (χ2v) is 6.38. The third-order valence-corrected chi connectivity index (χ3v) is 4.35. The molecule has 3 rings (SSSR count). The second kappa shape index (κ2) is 10.1. The zero-order valence-electron chi connectivity index (χ0n) is 16.2. The van der Waals surface area contributed by atoms with Gasteiger partial charge < -0.3 is 25.2 Å². The number of hydrogen-bond donors (Lipinski definition) is 3. The Morgan fingerprint density at radius 1 is 0.966 bits per heavy atom. The molecule has 0 aliphatic heterocycles. The molecule has 150 valence electrons. The van der Waals surface area contributed by atoms with Gasteiger partial charge in [-0.25, -0.2) is 4.79 Å². The number of methoxy groups -OCH3 is 1. The molecule has 0 spiro atoms. The van der Waals surface area contributed by atoms with E-state index in [4.69, 9.17) is 9.47 Å². The molecular weight excluding hydrogens is 368 g/mol. The van der Waals surface area contributed by atoms with Gasteiger partial charge in [0.1, 0.15) is 6.61 Å². The van der Waals surface area contributed by atoms with Crippen molar-refractivity contribution in [3.63, 3.8) is 0 Å². The van der Waals surface area contributed by atoms with E-state index >= 15 is 0 Å². The Hall–Kier alpha value is -3.51. The SMILES string of the molecule is COc1ccc(NC(=O)N[C@@H](CO)c2ccccc2)cc1OCc1ccccc1. The molecule has 0 saturated heterocycles. The summed E-state index contributed by atoms with van der Waals surface area (Å²) in [5, 5.41) is 15.1. The number of carbonyl (C=O) groups is 1. The Morgan fingerprint density at radius 2 is 1.66 bits per heavy atom. The lowest BCUT2D eigenvalue weighted by atomic mass is 10.1. The van der Waals surface area contributed by atoms with Gasteiger partial charge in [0.2, 0.25) is 0 Å². The maximum atomic E-state index is 12.4. The van der Waals surface area contributed by atoms with Gasteiger partial charge in [-0.05, 0) is 23.3 Å².